The maximum Gasteiger partial charge on any atom is 0.413 e. The summed E-state index contributed by atoms with van der Waals surface area (Å²) < 4.78 is 5.05. The molecule has 5 nitrogen and oxygen atoms in total. The number of rotatable bonds is 1. The predicted molar refractivity (Wildman–Crippen MR) is 61.6 cm³/mol. The van der Waals surface area contributed by atoms with E-state index < -0.39 is 11.7 Å². The molecule has 0 radical (unpaired) electrons. The van der Waals surface area contributed by atoms with Gasteiger partial charge in [0.25, 0.3) is 0 Å². The zero-order valence-electron chi connectivity index (χ0n) is 9.67. The Balaban J connectivity index is 2.67. The number of aromatic nitrogens is 2. The van der Waals surface area contributed by atoms with Crippen LogP contribution >= 0.6 is 11.6 Å². The molecule has 16 heavy (non-hydrogen) atoms. The van der Waals surface area contributed by atoms with Gasteiger partial charge in [-0.15, -0.1) is 0 Å². The number of ether oxygens (including phenoxy) is 1. The third-order valence-electron chi connectivity index (χ3n) is 1.53. The number of nitrogens with zero attached hydrogens (tertiary/aromatic N) is 2. The summed E-state index contributed by atoms with van der Waals surface area (Å²) in [5.74, 6) is 0.268. The standard InChI is InChI=1S/C10H14ClN3O2/c1-6-8(11)13-7(5-12-6)14-9(15)16-10(2,3)4/h5H,1-4H3,(H,13,14,15). The lowest BCUT2D eigenvalue weighted by Gasteiger charge is -2.19. The monoisotopic (exact) mass is 243 g/mol. The number of amides is 1. The predicted octanol–water partition coefficient (Wildman–Crippen LogP) is 2.79. The molecule has 0 saturated heterocycles. The first-order chi connectivity index (χ1) is 7.28. The average molecular weight is 244 g/mol. The van der Waals surface area contributed by atoms with Crippen molar-refractivity contribution in [2.24, 2.45) is 0 Å². The molecule has 1 aromatic rings. The van der Waals surface area contributed by atoms with Gasteiger partial charge in [-0.3, -0.25) is 10.3 Å². The highest BCUT2D eigenvalue weighted by molar-refractivity contribution is 6.30. The number of anilines is 1. The quantitative estimate of drug-likeness (QED) is 0.824. The Morgan fingerprint density at radius 2 is 2.12 bits per heavy atom. The Labute approximate surface area is 99.2 Å². The highest BCUT2D eigenvalue weighted by Crippen LogP contribution is 2.13. The van der Waals surface area contributed by atoms with Gasteiger partial charge >= 0.3 is 6.09 Å². The molecular formula is C10H14ClN3O2. The van der Waals surface area contributed by atoms with E-state index >= 15 is 0 Å². The molecule has 0 aliphatic rings. The van der Waals surface area contributed by atoms with E-state index in [4.69, 9.17) is 16.3 Å². The number of carbonyl (C=O) groups is 1. The fraction of sp³-hybridized carbons (Fsp3) is 0.500. The van der Waals surface area contributed by atoms with Crippen LogP contribution in [0.4, 0.5) is 10.6 Å². The molecule has 0 spiro atoms. The molecular weight excluding hydrogens is 230 g/mol. The third kappa shape index (κ3) is 4.02. The van der Waals surface area contributed by atoms with Crippen molar-refractivity contribution in [2.75, 3.05) is 5.32 Å². The molecule has 0 fully saturated rings. The van der Waals surface area contributed by atoms with Crippen LogP contribution in [0.25, 0.3) is 0 Å². The van der Waals surface area contributed by atoms with Gasteiger partial charge in [0.15, 0.2) is 11.0 Å². The van der Waals surface area contributed by atoms with Gasteiger partial charge in [0.2, 0.25) is 0 Å². The van der Waals surface area contributed by atoms with Crippen molar-refractivity contribution >= 4 is 23.5 Å². The fourth-order valence-corrected chi connectivity index (χ4v) is 1.04. The smallest absolute Gasteiger partial charge is 0.413 e. The number of hydrogen-bond donors (Lipinski definition) is 1. The number of hydrogen-bond acceptors (Lipinski definition) is 4. The normalized spacial score (nSPS) is 11.1. The van der Waals surface area contributed by atoms with Gasteiger partial charge in [-0.25, -0.2) is 9.78 Å². The number of halogens is 1. The van der Waals surface area contributed by atoms with Gasteiger partial charge in [0.1, 0.15) is 5.60 Å². The average Bonchev–Trinajstić information content (AvgIpc) is 2.08. The third-order valence-corrected chi connectivity index (χ3v) is 1.88. The maximum atomic E-state index is 11.4. The Morgan fingerprint density at radius 3 is 2.62 bits per heavy atom. The minimum absolute atomic E-state index is 0.258. The SMILES string of the molecule is Cc1ncc(NC(=O)OC(C)(C)C)nc1Cl. The molecule has 6 heteroatoms. The van der Waals surface area contributed by atoms with E-state index in [0.29, 0.717) is 5.69 Å². The molecule has 1 aromatic heterocycles. The second-order valence-corrected chi connectivity index (χ2v) is 4.62. The molecule has 0 aliphatic heterocycles. The minimum atomic E-state index is -0.582. The van der Waals surface area contributed by atoms with Crippen LogP contribution in [-0.2, 0) is 4.74 Å². The first-order valence-electron chi connectivity index (χ1n) is 4.77. The first-order valence-corrected chi connectivity index (χ1v) is 5.15. The van der Waals surface area contributed by atoms with Crippen LogP contribution in [0.5, 0.6) is 0 Å². The van der Waals surface area contributed by atoms with Gasteiger partial charge < -0.3 is 4.74 Å². The molecule has 1 N–H and O–H groups in total. The summed E-state index contributed by atoms with van der Waals surface area (Å²) >= 11 is 5.76. The summed E-state index contributed by atoms with van der Waals surface area (Å²) in [5.41, 5.74) is 0.0582. The first kappa shape index (κ1) is 12.7. The van der Waals surface area contributed by atoms with Gasteiger partial charge in [-0.1, -0.05) is 11.6 Å². The number of aryl methyl sites for hydroxylation is 1. The minimum Gasteiger partial charge on any atom is -0.444 e. The van der Waals surface area contributed by atoms with Crippen LogP contribution in [0, 0.1) is 6.92 Å². The van der Waals surface area contributed by atoms with E-state index in [1.807, 2.05) is 0 Å². The second-order valence-electron chi connectivity index (χ2n) is 4.26. The summed E-state index contributed by atoms with van der Waals surface area (Å²) in [5, 5.41) is 2.71. The molecule has 88 valence electrons. The van der Waals surface area contributed by atoms with Crippen LogP contribution in [0.1, 0.15) is 26.5 Å². The molecule has 0 atom stereocenters. The lowest BCUT2D eigenvalue weighted by Crippen LogP contribution is -2.27. The molecule has 0 saturated carbocycles. The van der Waals surface area contributed by atoms with Crippen molar-refractivity contribution in [3.8, 4) is 0 Å². The van der Waals surface area contributed by atoms with Crippen LogP contribution < -0.4 is 5.32 Å². The Bertz CT molecular complexity index is 402. The van der Waals surface area contributed by atoms with Gasteiger partial charge in [0.05, 0.1) is 11.9 Å². The molecule has 1 heterocycles. The van der Waals surface area contributed by atoms with Crippen LogP contribution in [0.15, 0.2) is 6.20 Å². The number of carbonyl (C=O) groups excluding carboxylic acids is 1. The van der Waals surface area contributed by atoms with Crippen molar-refractivity contribution in [1.82, 2.24) is 9.97 Å². The molecule has 0 unspecified atom stereocenters. The van der Waals surface area contributed by atoms with Gasteiger partial charge in [-0.05, 0) is 27.7 Å². The summed E-state index contributed by atoms with van der Waals surface area (Å²) in [6, 6.07) is 0. The lowest BCUT2D eigenvalue weighted by atomic mass is 10.2. The van der Waals surface area contributed by atoms with E-state index in [0.717, 1.165) is 0 Å². The summed E-state index contributed by atoms with van der Waals surface area (Å²) in [6.07, 6.45) is 0.840. The van der Waals surface area contributed by atoms with Crippen molar-refractivity contribution in [3.63, 3.8) is 0 Å². The molecule has 1 rings (SSSR count). The molecule has 0 aromatic carbocycles. The molecule has 0 aliphatic carbocycles. The van der Waals surface area contributed by atoms with E-state index in [2.05, 4.69) is 15.3 Å². The van der Waals surface area contributed by atoms with Crippen molar-refractivity contribution in [3.05, 3.63) is 17.0 Å². The van der Waals surface area contributed by atoms with E-state index in [-0.39, 0.29) is 11.0 Å². The maximum absolute atomic E-state index is 11.4. The van der Waals surface area contributed by atoms with Crippen molar-refractivity contribution in [1.29, 1.82) is 0 Å². The number of nitrogens with one attached hydrogen (secondary N) is 1. The highest BCUT2D eigenvalue weighted by Gasteiger charge is 2.16. The zero-order chi connectivity index (χ0) is 12.3. The largest absolute Gasteiger partial charge is 0.444 e. The topological polar surface area (TPSA) is 64.1 Å². The Hall–Kier alpha value is -1.36. The van der Waals surface area contributed by atoms with Crippen LogP contribution in [-0.4, -0.2) is 21.7 Å². The van der Waals surface area contributed by atoms with Gasteiger partial charge in [0, 0.05) is 0 Å². The summed E-state index contributed by atoms with van der Waals surface area (Å²) in [6.45, 7) is 7.06. The van der Waals surface area contributed by atoms with E-state index in [1.165, 1.54) is 6.20 Å². The van der Waals surface area contributed by atoms with Crippen molar-refractivity contribution in [2.45, 2.75) is 33.3 Å². The lowest BCUT2D eigenvalue weighted by molar-refractivity contribution is 0.0635. The fourth-order valence-electron chi connectivity index (χ4n) is 0.895. The van der Waals surface area contributed by atoms with E-state index in [1.54, 1.807) is 27.7 Å². The van der Waals surface area contributed by atoms with Crippen LogP contribution in [0.3, 0.4) is 0 Å². The Morgan fingerprint density at radius 1 is 1.50 bits per heavy atom. The zero-order valence-corrected chi connectivity index (χ0v) is 10.4. The Kier molecular flexibility index (Phi) is 3.70. The highest BCUT2D eigenvalue weighted by atomic mass is 35.5. The van der Waals surface area contributed by atoms with Crippen molar-refractivity contribution < 1.29 is 9.53 Å². The second kappa shape index (κ2) is 4.65. The molecule has 0 bridgehead atoms. The van der Waals surface area contributed by atoms with Crippen LogP contribution in [0.2, 0.25) is 5.15 Å². The summed E-state index contributed by atoms with van der Waals surface area (Å²) in [4.78, 5) is 19.3. The van der Waals surface area contributed by atoms with Gasteiger partial charge in [-0.2, -0.15) is 0 Å². The van der Waals surface area contributed by atoms with E-state index in [9.17, 15) is 4.79 Å². The summed E-state index contributed by atoms with van der Waals surface area (Å²) in [7, 11) is 0. The molecule has 1 amide bonds.